The van der Waals surface area contributed by atoms with Crippen molar-refractivity contribution < 1.29 is 4.74 Å². The Morgan fingerprint density at radius 3 is 1.87 bits per heavy atom. The van der Waals surface area contributed by atoms with Crippen LogP contribution in [-0.4, -0.2) is 11.6 Å². The van der Waals surface area contributed by atoms with Gasteiger partial charge in [-0.1, -0.05) is 75.1 Å². The number of pyridine rings is 1. The van der Waals surface area contributed by atoms with E-state index in [1.807, 2.05) is 6.92 Å². The Bertz CT molecular complexity index is 851. The summed E-state index contributed by atoms with van der Waals surface area (Å²) in [6, 6.07) is 21.7. The number of hydrogen-bond acceptors (Lipinski definition) is 2. The maximum absolute atomic E-state index is 5.51. The summed E-state index contributed by atoms with van der Waals surface area (Å²) in [4.78, 5) is 4.70. The highest BCUT2D eigenvalue weighted by Crippen LogP contribution is 2.20. The normalized spacial score (nSPS) is 10.9. The quantitative estimate of drug-likeness (QED) is 0.294. The zero-order valence-electron chi connectivity index (χ0n) is 18.6. The van der Waals surface area contributed by atoms with Crippen LogP contribution in [-0.2, 0) is 19.3 Å². The van der Waals surface area contributed by atoms with Crippen molar-refractivity contribution in [1.82, 2.24) is 4.98 Å². The van der Waals surface area contributed by atoms with Gasteiger partial charge in [-0.15, -0.1) is 0 Å². The molecule has 0 aliphatic heterocycles. The fourth-order valence-electron chi connectivity index (χ4n) is 3.73. The molecule has 0 saturated heterocycles. The van der Waals surface area contributed by atoms with Gasteiger partial charge in [0.1, 0.15) is 5.75 Å². The minimum atomic E-state index is 0.711. The highest BCUT2D eigenvalue weighted by atomic mass is 16.5. The highest BCUT2D eigenvalue weighted by Gasteiger charge is 2.02. The molecule has 0 N–H and O–H groups in total. The summed E-state index contributed by atoms with van der Waals surface area (Å²) in [5.74, 6) is 0.945. The minimum Gasteiger partial charge on any atom is -0.494 e. The molecule has 0 saturated carbocycles. The van der Waals surface area contributed by atoms with Gasteiger partial charge in [0, 0.05) is 11.8 Å². The summed E-state index contributed by atoms with van der Waals surface area (Å²) in [5.41, 5.74) is 6.30. The van der Waals surface area contributed by atoms with Crippen molar-refractivity contribution in [2.75, 3.05) is 6.61 Å². The van der Waals surface area contributed by atoms with E-state index in [1.54, 1.807) is 0 Å². The number of ether oxygens (including phenoxy) is 1. The molecule has 3 rings (SSSR count). The van der Waals surface area contributed by atoms with Crippen LogP contribution in [0.1, 0.15) is 62.6 Å². The first-order valence-corrected chi connectivity index (χ1v) is 11.5. The average Bonchev–Trinajstić information content (AvgIpc) is 2.79. The number of hydrogen-bond donors (Lipinski definition) is 0. The first-order valence-electron chi connectivity index (χ1n) is 11.5. The van der Waals surface area contributed by atoms with Crippen LogP contribution in [0.4, 0.5) is 0 Å². The molecule has 30 heavy (non-hydrogen) atoms. The third-order valence-corrected chi connectivity index (χ3v) is 5.58. The third kappa shape index (κ3) is 7.02. The van der Waals surface area contributed by atoms with Gasteiger partial charge in [-0.05, 0) is 67.5 Å². The molecule has 3 aromatic rings. The molecule has 0 amide bonds. The summed E-state index contributed by atoms with van der Waals surface area (Å²) >= 11 is 0. The Labute approximate surface area is 182 Å². The van der Waals surface area contributed by atoms with Crippen molar-refractivity contribution >= 4 is 0 Å². The van der Waals surface area contributed by atoms with Crippen LogP contribution in [0.3, 0.4) is 0 Å². The van der Waals surface area contributed by atoms with Crippen LogP contribution in [0.2, 0.25) is 0 Å². The van der Waals surface area contributed by atoms with E-state index in [-0.39, 0.29) is 0 Å². The third-order valence-electron chi connectivity index (χ3n) is 5.58. The number of unbranched alkanes of at least 4 members (excludes halogenated alkanes) is 4. The Kier molecular flexibility index (Phi) is 8.96. The first kappa shape index (κ1) is 22.1. The van der Waals surface area contributed by atoms with Gasteiger partial charge in [0.2, 0.25) is 0 Å². The van der Waals surface area contributed by atoms with Gasteiger partial charge in [-0.3, -0.25) is 4.98 Å². The van der Waals surface area contributed by atoms with E-state index < -0.39 is 0 Å². The molecule has 2 aromatic carbocycles. The van der Waals surface area contributed by atoms with Gasteiger partial charge in [-0.2, -0.15) is 0 Å². The zero-order valence-corrected chi connectivity index (χ0v) is 18.6. The lowest BCUT2D eigenvalue weighted by Gasteiger charge is -2.07. The summed E-state index contributed by atoms with van der Waals surface area (Å²) in [7, 11) is 0. The topological polar surface area (TPSA) is 22.1 Å². The van der Waals surface area contributed by atoms with Crippen molar-refractivity contribution in [2.24, 2.45) is 0 Å². The number of benzene rings is 2. The van der Waals surface area contributed by atoms with Crippen LogP contribution in [0.25, 0.3) is 11.3 Å². The van der Waals surface area contributed by atoms with Gasteiger partial charge in [0.05, 0.1) is 12.3 Å². The number of aryl methyl sites for hydroxylation is 3. The SMILES string of the molecule is CCCCCCCc1ccc(-c2ccc(CCc3ccc(OCC)cc3)cc2)nc1. The van der Waals surface area contributed by atoms with Crippen LogP contribution in [0.5, 0.6) is 5.75 Å². The molecule has 0 atom stereocenters. The molecule has 1 aromatic heterocycles. The standard InChI is InChI=1S/C28H35NO/c1-3-5-6-7-8-9-25-16-21-28(29-22-25)26-17-12-23(13-18-26)10-11-24-14-19-27(20-15-24)30-4-2/h12-22H,3-11H2,1-2H3. The lowest BCUT2D eigenvalue weighted by molar-refractivity contribution is 0.340. The van der Waals surface area contributed by atoms with Crippen molar-refractivity contribution in [3.63, 3.8) is 0 Å². The molecule has 0 bridgehead atoms. The molecule has 2 nitrogen and oxygen atoms in total. The second-order valence-corrected chi connectivity index (χ2v) is 7.99. The largest absolute Gasteiger partial charge is 0.494 e. The van der Waals surface area contributed by atoms with E-state index in [0.717, 1.165) is 30.7 Å². The van der Waals surface area contributed by atoms with Gasteiger partial charge in [0.15, 0.2) is 0 Å². The fraction of sp³-hybridized carbons (Fsp3) is 0.393. The Hall–Kier alpha value is -2.61. The second-order valence-electron chi connectivity index (χ2n) is 7.99. The molecular formula is C28H35NO. The fourth-order valence-corrected chi connectivity index (χ4v) is 3.73. The van der Waals surface area contributed by atoms with Crippen molar-refractivity contribution in [2.45, 2.75) is 65.2 Å². The van der Waals surface area contributed by atoms with E-state index in [9.17, 15) is 0 Å². The summed E-state index contributed by atoms with van der Waals surface area (Å²) in [6.45, 7) is 4.98. The maximum atomic E-state index is 5.51. The lowest BCUT2D eigenvalue weighted by Crippen LogP contribution is -1.94. The van der Waals surface area contributed by atoms with Gasteiger partial charge in [0.25, 0.3) is 0 Å². The smallest absolute Gasteiger partial charge is 0.119 e. The molecule has 0 aliphatic carbocycles. The van der Waals surface area contributed by atoms with Gasteiger partial charge in [-0.25, -0.2) is 0 Å². The van der Waals surface area contributed by atoms with Crippen LogP contribution >= 0.6 is 0 Å². The maximum Gasteiger partial charge on any atom is 0.119 e. The monoisotopic (exact) mass is 401 g/mol. The molecule has 0 unspecified atom stereocenters. The second kappa shape index (κ2) is 12.2. The summed E-state index contributed by atoms with van der Waals surface area (Å²) in [6.07, 6.45) is 11.9. The molecular weight excluding hydrogens is 366 g/mol. The van der Waals surface area contributed by atoms with Crippen LogP contribution in [0, 0.1) is 0 Å². The van der Waals surface area contributed by atoms with E-state index in [4.69, 9.17) is 9.72 Å². The molecule has 2 heteroatoms. The predicted octanol–water partition coefficient (Wildman–Crippen LogP) is 7.45. The van der Waals surface area contributed by atoms with Crippen molar-refractivity contribution in [1.29, 1.82) is 0 Å². The van der Waals surface area contributed by atoms with Gasteiger partial charge < -0.3 is 4.74 Å². The number of aromatic nitrogens is 1. The van der Waals surface area contributed by atoms with E-state index >= 15 is 0 Å². The first-order chi connectivity index (χ1) is 14.8. The lowest BCUT2D eigenvalue weighted by atomic mass is 10.0. The number of nitrogens with zero attached hydrogens (tertiary/aromatic N) is 1. The van der Waals surface area contributed by atoms with Crippen molar-refractivity contribution in [3.05, 3.63) is 83.6 Å². The van der Waals surface area contributed by atoms with Crippen LogP contribution in [0.15, 0.2) is 66.9 Å². The van der Waals surface area contributed by atoms with E-state index in [1.165, 1.54) is 54.4 Å². The van der Waals surface area contributed by atoms with Gasteiger partial charge >= 0.3 is 0 Å². The Balaban J connectivity index is 1.48. The van der Waals surface area contributed by atoms with E-state index in [0.29, 0.717) is 6.61 Å². The molecule has 0 fully saturated rings. The molecule has 0 spiro atoms. The van der Waals surface area contributed by atoms with E-state index in [2.05, 4.69) is 73.8 Å². The molecule has 0 radical (unpaired) electrons. The summed E-state index contributed by atoms with van der Waals surface area (Å²) in [5, 5.41) is 0. The zero-order chi connectivity index (χ0) is 21.0. The molecule has 158 valence electrons. The average molecular weight is 402 g/mol. The van der Waals surface area contributed by atoms with Crippen molar-refractivity contribution in [3.8, 4) is 17.0 Å². The Morgan fingerprint density at radius 1 is 0.633 bits per heavy atom. The summed E-state index contributed by atoms with van der Waals surface area (Å²) < 4.78 is 5.51. The number of rotatable bonds is 12. The predicted molar refractivity (Wildman–Crippen MR) is 127 cm³/mol. The molecule has 0 aliphatic rings. The molecule has 1 heterocycles. The Morgan fingerprint density at radius 2 is 1.27 bits per heavy atom. The highest BCUT2D eigenvalue weighted by molar-refractivity contribution is 5.59. The minimum absolute atomic E-state index is 0.711. The van der Waals surface area contributed by atoms with Crippen LogP contribution < -0.4 is 4.74 Å².